The van der Waals surface area contributed by atoms with Crippen LogP contribution in [0.4, 0.5) is 13.2 Å². The molecule has 1 aliphatic carbocycles. The highest BCUT2D eigenvalue weighted by Gasteiger charge is 2.30. The van der Waals surface area contributed by atoms with Crippen LogP contribution >= 0.6 is 0 Å². The Kier molecular flexibility index (Phi) is 6.58. The number of hydrogen-bond donors (Lipinski definition) is 0. The Morgan fingerprint density at radius 1 is 1.00 bits per heavy atom. The second-order valence-electron chi connectivity index (χ2n) is 7.99. The Labute approximate surface area is 184 Å². The number of rotatable bonds is 6. The third-order valence-corrected chi connectivity index (χ3v) is 5.80. The minimum absolute atomic E-state index is 0.0139. The van der Waals surface area contributed by atoms with Gasteiger partial charge in [-0.2, -0.15) is 18.2 Å². The fourth-order valence-corrected chi connectivity index (χ4v) is 4.09. The molecule has 0 unspecified atom stereocenters. The van der Waals surface area contributed by atoms with Crippen LogP contribution in [0.5, 0.6) is 0 Å². The number of carbonyl (C=O) groups excluding carboxylic acids is 1. The molecule has 3 aromatic rings. The van der Waals surface area contributed by atoms with E-state index in [1.165, 1.54) is 18.6 Å². The smallest absolute Gasteiger partial charge is 0.339 e. The van der Waals surface area contributed by atoms with Gasteiger partial charge in [-0.15, -0.1) is 0 Å². The third-order valence-electron chi connectivity index (χ3n) is 5.80. The molecule has 32 heavy (non-hydrogen) atoms. The summed E-state index contributed by atoms with van der Waals surface area (Å²) in [6.45, 7) is 0.438. The summed E-state index contributed by atoms with van der Waals surface area (Å²) in [5.41, 5.74) is 0.360. The first kappa shape index (κ1) is 22.0. The van der Waals surface area contributed by atoms with Crippen LogP contribution in [0, 0.1) is 0 Å². The van der Waals surface area contributed by atoms with Crippen LogP contribution in [0.1, 0.15) is 53.9 Å². The van der Waals surface area contributed by atoms with Crippen LogP contribution in [0.25, 0.3) is 11.4 Å². The van der Waals surface area contributed by atoms with Gasteiger partial charge in [0.15, 0.2) is 0 Å². The second-order valence-corrected chi connectivity index (χ2v) is 7.99. The van der Waals surface area contributed by atoms with Crippen molar-refractivity contribution in [1.82, 2.24) is 15.0 Å². The van der Waals surface area contributed by atoms with E-state index < -0.39 is 11.7 Å². The van der Waals surface area contributed by atoms with E-state index in [1.54, 1.807) is 0 Å². The van der Waals surface area contributed by atoms with Gasteiger partial charge < -0.3 is 9.42 Å². The monoisotopic (exact) mass is 443 g/mol. The van der Waals surface area contributed by atoms with Crippen molar-refractivity contribution in [2.24, 2.45) is 0 Å². The molecule has 1 aromatic heterocycles. The Balaban J connectivity index is 1.46. The topological polar surface area (TPSA) is 59.2 Å². The van der Waals surface area contributed by atoms with Crippen molar-refractivity contribution in [3.63, 3.8) is 0 Å². The molecule has 0 saturated heterocycles. The molecular weight excluding hydrogens is 419 g/mol. The van der Waals surface area contributed by atoms with Crippen molar-refractivity contribution in [2.45, 2.75) is 50.7 Å². The Hall–Kier alpha value is -3.16. The average Bonchev–Trinajstić information content (AvgIpc) is 3.29. The predicted octanol–water partition coefficient (Wildman–Crippen LogP) is 5.77. The lowest BCUT2D eigenvalue weighted by Crippen LogP contribution is -2.42. The highest BCUT2D eigenvalue weighted by atomic mass is 19.4. The Morgan fingerprint density at radius 2 is 1.69 bits per heavy atom. The van der Waals surface area contributed by atoms with Gasteiger partial charge in [0.1, 0.15) is 0 Å². The summed E-state index contributed by atoms with van der Waals surface area (Å²) >= 11 is 0. The van der Waals surface area contributed by atoms with E-state index >= 15 is 0 Å². The molecule has 0 spiro atoms. The van der Waals surface area contributed by atoms with Gasteiger partial charge in [-0.1, -0.05) is 54.8 Å². The number of aromatic nitrogens is 2. The quantitative estimate of drug-likeness (QED) is 0.485. The number of alkyl halides is 3. The molecule has 168 valence electrons. The summed E-state index contributed by atoms with van der Waals surface area (Å²) in [7, 11) is 0. The average molecular weight is 443 g/mol. The maximum Gasteiger partial charge on any atom is 0.416 e. The van der Waals surface area contributed by atoms with Crippen LogP contribution in [0.15, 0.2) is 59.1 Å². The zero-order valence-electron chi connectivity index (χ0n) is 17.5. The van der Waals surface area contributed by atoms with Crippen molar-refractivity contribution in [1.29, 1.82) is 0 Å². The number of carbonyl (C=O) groups is 1. The van der Waals surface area contributed by atoms with Crippen molar-refractivity contribution >= 4 is 5.91 Å². The molecule has 5 nitrogen and oxygen atoms in total. The summed E-state index contributed by atoms with van der Waals surface area (Å²) in [5, 5.41) is 3.90. The molecule has 0 atom stereocenters. The van der Waals surface area contributed by atoms with Gasteiger partial charge in [-0.3, -0.25) is 4.79 Å². The lowest BCUT2D eigenvalue weighted by Gasteiger charge is -2.34. The summed E-state index contributed by atoms with van der Waals surface area (Å²) in [6, 6.07) is 14.0. The Bertz CT molecular complexity index is 1030. The van der Waals surface area contributed by atoms with E-state index in [-0.39, 0.29) is 17.8 Å². The van der Waals surface area contributed by atoms with Crippen LogP contribution in [-0.4, -0.2) is 33.5 Å². The molecule has 0 aliphatic heterocycles. The SMILES string of the molecule is O=C(c1ccccc1)N(CCc1nc(-c2ccc(C(F)(F)F)cc2)no1)C1CCCCC1. The van der Waals surface area contributed by atoms with Crippen LogP contribution in [0.2, 0.25) is 0 Å². The summed E-state index contributed by atoms with van der Waals surface area (Å²) in [6.07, 6.45) is 1.31. The van der Waals surface area contributed by atoms with E-state index in [0.29, 0.717) is 30.0 Å². The van der Waals surface area contributed by atoms with Crippen molar-refractivity contribution in [3.05, 3.63) is 71.6 Å². The summed E-state index contributed by atoms with van der Waals surface area (Å²) < 4.78 is 43.6. The van der Waals surface area contributed by atoms with Crippen LogP contribution in [-0.2, 0) is 12.6 Å². The molecule has 0 bridgehead atoms. The predicted molar refractivity (Wildman–Crippen MR) is 113 cm³/mol. The summed E-state index contributed by atoms with van der Waals surface area (Å²) in [4.78, 5) is 19.4. The Morgan fingerprint density at radius 3 is 2.34 bits per heavy atom. The zero-order valence-corrected chi connectivity index (χ0v) is 17.5. The first-order valence-electron chi connectivity index (χ1n) is 10.8. The van der Waals surface area contributed by atoms with E-state index in [2.05, 4.69) is 10.1 Å². The maximum atomic E-state index is 13.2. The summed E-state index contributed by atoms with van der Waals surface area (Å²) in [5.74, 6) is 0.564. The van der Waals surface area contributed by atoms with Gasteiger partial charge in [-0.05, 0) is 37.1 Å². The minimum atomic E-state index is -4.39. The molecule has 1 aliphatic rings. The van der Waals surface area contributed by atoms with Gasteiger partial charge in [0, 0.05) is 30.1 Å². The van der Waals surface area contributed by atoms with Gasteiger partial charge in [-0.25, -0.2) is 0 Å². The first-order valence-corrected chi connectivity index (χ1v) is 10.8. The third kappa shape index (κ3) is 5.18. The number of hydrogen-bond acceptors (Lipinski definition) is 4. The molecule has 4 rings (SSSR count). The second kappa shape index (κ2) is 9.54. The van der Waals surface area contributed by atoms with Gasteiger partial charge in [0.05, 0.1) is 5.56 Å². The molecule has 1 saturated carbocycles. The van der Waals surface area contributed by atoms with E-state index in [1.807, 2.05) is 35.2 Å². The van der Waals surface area contributed by atoms with Crippen molar-refractivity contribution in [2.75, 3.05) is 6.54 Å². The van der Waals surface area contributed by atoms with E-state index in [4.69, 9.17) is 4.52 Å². The van der Waals surface area contributed by atoms with Crippen molar-refractivity contribution < 1.29 is 22.5 Å². The van der Waals surface area contributed by atoms with Crippen molar-refractivity contribution in [3.8, 4) is 11.4 Å². The normalized spacial score (nSPS) is 15.0. The molecule has 1 heterocycles. The largest absolute Gasteiger partial charge is 0.416 e. The van der Waals surface area contributed by atoms with Crippen LogP contribution in [0.3, 0.4) is 0 Å². The number of halogens is 3. The number of nitrogens with zero attached hydrogens (tertiary/aromatic N) is 3. The van der Waals surface area contributed by atoms with E-state index in [0.717, 1.165) is 37.8 Å². The highest BCUT2D eigenvalue weighted by Crippen LogP contribution is 2.30. The molecule has 0 N–H and O–H groups in total. The number of amides is 1. The fraction of sp³-hybridized carbons (Fsp3) is 0.375. The molecule has 1 fully saturated rings. The highest BCUT2D eigenvalue weighted by molar-refractivity contribution is 5.94. The van der Waals surface area contributed by atoms with E-state index in [9.17, 15) is 18.0 Å². The van der Waals surface area contributed by atoms with Gasteiger partial charge in [0.25, 0.3) is 5.91 Å². The number of benzene rings is 2. The van der Waals surface area contributed by atoms with Gasteiger partial charge >= 0.3 is 6.18 Å². The minimum Gasteiger partial charge on any atom is -0.339 e. The molecule has 0 radical (unpaired) electrons. The zero-order chi connectivity index (χ0) is 22.6. The lowest BCUT2D eigenvalue weighted by atomic mass is 9.93. The molecule has 2 aromatic carbocycles. The van der Waals surface area contributed by atoms with Crippen LogP contribution < -0.4 is 0 Å². The standard InChI is InChI=1S/C24H24F3N3O2/c25-24(26,27)19-13-11-17(12-14-19)22-28-21(32-29-22)15-16-30(20-9-5-2-6-10-20)23(31)18-7-3-1-4-8-18/h1,3-4,7-8,11-14,20H,2,5-6,9-10,15-16H2. The lowest BCUT2D eigenvalue weighted by molar-refractivity contribution is -0.137. The first-order chi connectivity index (χ1) is 15.4. The fourth-order valence-electron chi connectivity index (χ4n) is 4.09. The molecular formula is C24H24F3N3O2. The van der Waals surface area contributed by atoms with Gasteiger partial charge in [0.2, 0.25) is 11.7 Å². The maximum absolute atomic E-state index is 13.2. The molecule has 1 amide bonds. The molecule has 8 heteroatoms.